The minimum Gasteiger partial charge on any atom is -0.497 e. The minimum absolute atomic E-state index is 0.00839. The average Bonchev–Trinajstić information content (AvgIpc) is 2.84. The lowest BCUT2D eigenvalue weighted by Gasteiger charge is -2.32. The Morgan fingerprint density at radius 2 is 1.84 bits per heavy atom. The van der Waals surface area contributed by atoms with E-state index in [2.05, 4.69) is 20.2 Å². The van der Waals surface area contributed by atoms with Crippen molar-refractivity contribution in [3.8, 4) is 17.0 Å². The van der Waals surface area contributed by atoms with Gasteiger partial charge in [-0.05, 0) is 55.5 Å². The zero-order valence-corrected chi connectivity index (χ0v) is 18.6. The highest BCUT2D eigenvalue weighted by atomic mass is 32.2. The lowest BCUT2D eigenvalue weighted by atomic mass is 9.95. The molecule has 1 N–H and O–H groups in total. The Balaban J connectivity index is 1.39. The molecule has 0 saturated carbocycles. The summed E-state index contributed by atoms with van der Waals surface area (Å²) in [7, 11) is 1.66. The van der Waals surface area contributed by atoms with Gasteiger partial charge in [-0.2, -0.15) is 0 Å². The summed E-state index contributed by atoms with van der Waals surface area (Å²) in [4.78, 5) is 25.0. The number of thioether (sulfide) groups is 1. The highest BCUT2D eigenvalue weighted by molar-refractivity contribution is 7.98. The summed E-state index contributed by atoms with van der Waals surface area (Å²) in [6.07, 6.45) is 5.22. The number of aromatic nitrogens is 2. The fourth-order valence-electron chi connectivity index (χ4n) is 3.79. The number of piperidine rings is 1. The highest BCUT2D eigenvalue weighted by Gasteiger charge is 2.26. The number of amides is 1. The Bertz CT molecular complexity index is 1030. The maximum atomic E-state index is 12.8. The van der Waals surface area contributed by atoms with Crippen LogP contribution < -0.4 is 15.0 Å². The van der Waals surface area contributed by atoms with Crippen LogP contribution in [0.2, 0.25) is 0 Å². The Kier molecular flexibility index (Phi) is 6.72. The van der Waals surface area contributed by atoms with E-state index in [0.717, 1.165) is 59.3 Å². The number of anilines is 2. The van der Waals surface area contributed by atoms with E-state index in [-0.39, 0.29) is 11.8 Å². The molecule has 0 bridgehead atoms. The predicted molar refractivity (Wildman–Crippen MR) is 126 cm³/mol. The first-order chi connectivity index (χ1) is 15.2. The first kappa shape index (κ1) is 21.2. The van der Waals surface area contributed by atoms with E-state index in [1.54, 1.807) is 25.2 Å². The van der Waals surface area contributed by atoms with E-state index in [1.807, 2.05) is 60.9 Å². The second-order valence-electron chi connectivity index (χ2n) is 7.44. The fraction of sp³-hybridized carbons (Fsp3) is 0.292. The van der Waals surface area contributed by atoms with Crippen LogP contribution in [0.5, 0.6) is 5.75 Å². The van der Waals surface area contributed by atoms with Gasteiger partial charge >= 0.3 is 0 Å². The van der Waals surface area contributed by atoms with Crippen LogP contribution in [0.15, 0.2) is 65.8 Å². The van der Waals surface area contributed by atoms with Crippen molar-refractivity contribution in [2.75, 3.05) is 36.7 Å². The van der Waals surface area contributed by atoms with Gasteiger partial charge in [-0.15, -0.1) is 11.8 Å². The van der Waals surface area contributed by atoms with Crippen molar-refractivity contribution in [3.63, 3.8) is 0 Å². The summed E-state index contributed by atoms with van der Waals surface area (Å²) in [5.41, 5.74) is 2.79. The number of benzene rings is 2. The maximum Gasteiger partial charge on any atom is 0.227 e. The van der Waals surface area contributed by atoms with Crippen LogP contribution >= 0.6 is 11.8 Å². The van der Waals surface area contributed by atoms with Gasteiger partial charge in [0.2, 0.25) is 5.91 Å². The standard InChI is InChI=1S/C24H26N4O2S/c1-30-19-9-7-17(8-10-19)21-15-23(26-16-25-21)28-13-11-18(12-14-28)24(29)27-20-5-3-4-6-22(20)31-2/h3-10,15-16,18H,11-14H2,1-2H3,(H,27,29). The van der Waals surface area contributed by atoms with E-state index in [4.69, 9.17) is 4.74 Å². The number of para-hydroxylation sites is 1. The van der Waals surface area contributed by atoms with Crippen LogP contribution in [0.3, 0.4) is 0 Å². The smallest absolute Gasteiger partial charge is 0.227 e. The highest BCUT2D eigenvalue weighted by Crippen LogP contribution is 2.29. The van der Waals surface area contributed by atoms with E-state index in [0.29, 0.717) is 0 Å². The molecule has 0 aliphatic carbocycles. The lowest BCUT2D eigenvalue weighted by Crippen LogP contribution is -2.38. The summed E-state index contributed by atoms with van der Waals surface area (Å²) < 4.78 is 5.23. The molecule has 7 heteroatoms. The molecule has 6 nitrogen and oxygen atoms in total. The predicted octanol–water partition coefficient (Wildman–Crippen LogP) is 4.73. The lowest BCUT2D eigenvalue weighted by molar-refractivity contribution is -0.120. The molecule has 2 aromatic carbocycles. The molecule has 1 aromatic heterocycles. The SMILES string of the molecule is COc1ccc(-c2cc(N3CCC(C(=O)Nc4ccccc4SC)CC3)ncn2)cc1. The topological polar surface area (TPSA) is 67.3 Å². The van der Waals surface area contributed by atoms with Gasteiger partial charge in [-0.3, -0.25) is 4.79 Å². The van der Waals surface area contributed by atoms with Crippen LogP contribution in [-0.4, -0.2) is 42.3 Å². The Morgan fingerprint density at radius 3 is 2.55 bits per heavy atom. The van der Waals surface area contributed by atoms with Crippen molar-refractivity contribution in [2.45, 2.75) is 17.7 Å². The van der Waals surface area contributed by atoms with Crippen LogP contribution in [0.25, 0.3) is 11.3 Å². The number of hydrogen-bond donors (Lipinski definition) is 1. The maximum absolute atomic E-state index is 12.8. The Labute approximate surface area is 187 Å². The van der Waals surface area contributed by atoms with Gasteiger partial charge in [0.05, 0.1) is 18.5 Å². The van der Waals surface area contributed by atoms with E-state index >= 15 is 0 Å². The van der Waals surface area contributed by atoms with Gasteiger partial charge in [0, 0.05) is 35.5 Å². The summed E-state index contributed by atoms with van der Waals surface area (Å²) in [6.45, 7) is 1.59. The minimum atomic E-state index is 0.00839. The van der Waals surface area contributed by atoms with Crippen LogP contribution in [0, 0.1) is 5.92 Å². The molecule has 0 atom stereocenters. The largest absolute Gasteiger partial charge is 0.497 e. The van der Waals surface area contributed by atoms with Gasteiger partial charge in [0.15, 0.2) is 0 Å². The molecule has 31 heavy (non-hydrogen) atoms. The molecule has 160 valence electrons. The molecule has 1 aliphatic rings. The molecule has 3 aromatic rings. The summed E-state index contributed by atoms with van der Waals surface area (Å²) in [5, 5.41) is 3.11. The molecule has 4 rings (SSSR count). The molecular weight excluding hydrogens is 408 g/mol. The number of nitrogens with zero attached hydrogens (tertiary/aromatic N) is 3. The van der Waals surface area contributed by atoms with E-state index < -0.39 is 0 Å². The molecule has 1 fully saturated rings. The number of ether oxygens (including phenoxy) is 1. The number of rotatable bonds is 6. The van der Waals surface area contributed by atoms with Crippen LogP contribution in [0.4, 0.5) is 11.5 Å². The monoisotopic (exact) mass is 434 g/mol. The normalized spacial score (nSPS) is 14.3. The number of methoxy groups -OCH3 is 1. The molecule has 2 heterocycles. The Hall–Kier alpha value is -3.06. The number of nitrogens with one attached hydrogen (secondary N) is 1. The van der Waals surface area contributed by atoms with Crippen molar-refractivity contribution >= 4 is 29.2 Å². The molecule has 0 unspecified atom stereocenters. The van der Waals surface area contributed by atoms with Crippen molar-refractivity contribution in [1.82, 2.24) is 9.97 Å². The first-order valence-electron chi connectivity index (χ1n) is 10.3. The first-order valence-corrected chi connectivity index (χ1v) is 11.6. The van der Waals surface area contributed by atoms with Crippen LogP contribution in [0.1, 0.15) is 12.8 Å². The molecule has 1 aliphatic heterocycles. The quantitative estimate of drug-likeness (QED) is 0.566. The zero-order valence-electron chi connectivity index (χ0n) is 17.7. The second-order valence-corrected chi connectivity index (χ2v) is 8.29. The van der Waals surface area contributed by atoms with Gasteiger partial charge < -0.3 is 15.0 Å². The van der Waals surface area contributed by atoms with E-state index in [1.165, 1.54) is 0 Å². The summed E-state index contributed by atoms with van der Waals surface area (Å²) >= 11 is 1.64. The molecule has 0 spiro atoms. The van der Waals surface area contributed by atoms with Gasteiger partial charge in [0.1, 0.15) is 17.9 Å². The van der Waals surface area contributed by atoms with Crippen molar-refractivity contribution < 1.29 is 9.53 Å². The third kappa shape index (κ3) is 4.99. The molecule has 1 saturated heterocycles. The van der Waals surface area contributed by atoms with Crippen LogP contribution in [-0.2, 0) is 4.79 Å². The third-order valence-electron chi connectivity index (χ3n) is 5.59. The van der Waals surface area contributed by atoms with E-state index in [9.17, 15) is 4.79 Å². The molecular formula is C24H26N4O2S. The third-order valence-corrected chi connectivity index (χ3v) is 6.39. The van der Waals surface area contributed by atoms with Gasteiger partial charge in [0.25, 0.3) is 0 Å². The summed E-state index contributed by atoms with van der Waals surface area (Å²) in [6, 6.07) is 17.8. The number of carbonyl (C=O) groups is 1. The fourth-order valence-corrected chi connectivity index (χ4v) is 4.35. The zero-order chi connectivity index (χ0) is 21.6. The van der Waals surface area contributed by atoms with Gasteiger partial charge in [-0.1, -0.05) is 12.1 Å². The average molecular weight is 435 g/mol. The summed E-state index contributed by atoms with van der Waals surface area (Å²) in [5.74, 6) is 1.82. The van der Waals surface area contributed by atoms with Gasteiger partial charge in [-0.25, -0.2) is 9.97 Å². The molecule has 0 radical (unpaired) electrons. The van der Waals surface area contributed by atoms with Crippen molar-refractivity contribution in [1.29, 1.82) is 0 Å². The number of hydrogen-bond acceptors (Lipinski definition) is 6. The van der Waals surface area contributed by atoms with Crippen molar-refractivity contribution in [3.05, 3.63) is 60.9 Å². The van der Waals surface area contributed by atoms with Crippen molar-refractivity contribution in [2.24, 2.45) is 5.92 Å². The molecule has 1 amide bonds. The Morgan fingerprint density at radius 1 is 1.10 bits per heavy atom. The number of carbonyl (C=O) groups excluding carboxylic acids is 1. The second kappa shape index (κ2) is 9.83.